The van der Waals surface area contributed by atoms with Gasteiger partial charge < -0.3 is 14.5 Å². The second kappa shape index (κ2) is 6.76. The van der Waals surface area contributed by atoms with Gasteiger partial charge in [0.2, 0.25) is 5.89 Å². The van der Waals surface area contributed by atoms with E-state index in [4.69, 9.17) is 9.15 Å². The van der Waals surface area contributed by atoms with Crippen LogP contribution in [0.25, 0.3) is 0 Å². The lowest BCUT2D eigenvalue weighted by molar-refractivity contribution is 0.0901. The lowest BCUT2D eigenvalue weighted by Crippen LogP contribution is -2.27. The highest BCUT2D eigenvalue weighted by Crippen LogP contribution is 2.10. The number of nitrogens with zero attached hydrogens (tertiary/aromatic N) is 2. The fraction of sp³-hybridized carbons (Fsp3) is 0.308. The second-order valence-electron chi connectivity index (χ2n) is 4.06. The Balaban J connectivity index is 1.96. The van der Waals surface area contributed by atoms with Gasteiger partial charge in [0.25, 0.3) is 0 Å². The molecule has 1 N–H and O–H groups in total. The number of amides is 1. The average Bonchev–Trinajstić information content (AvgIpc) is 2.87. The van der Waals surface area contributed by atoms with Crippen LogP contribution in [0.15, 0.2) is 28.7 Å². The van der Waals surface area contributed by atoms with E-state index in [2.05, 4.69) is 15.5 Å². The van der Waals surface area contributed by atoms with Crippen LogP contribution in [0.4, 0.5) is 4.39 Å². The molecule has 20 heavy (non-hydrogen) atoms. The fourth-order valence-electron chi connectivity index (χ4n) is 1.58. The summed E-state index contributed by atoms with van der Waals surface area (Å²) in [7, 11) is 1.54. The minimum Gasteiger partial charge on any atom is -0.417 e. The van der Waals surface area contributed by atoms with Crippen LogP contribution in [0.1, 0.15) is 22.1 Å². The Hall–Kier alpha value is -2.28. The molecule has 1 aromatic carbocycles. The van der Waals surface area contributed by atoms with Gasteiger partial charge in [-0.1, -0.05) is 12.1 Å². The minimum atomic E-state index is -0.458. The Bertz CT molecular complexity index is 586. The first-order valence-corrected chi connectivity index (χ1v) is 6.03. The Labute approximate surface area is 115 Å². The maximum Gasteiger partial charge on any atom is 0.308 e. The number of nitrogens with one attached hydrogen (secondary N) is 1. The van der Waals surface area contributed by atoms with E-state index in [1.54, 1.807) is 12.1 Å². The number of ether oxygens (including phenoxy) is 1. The largest absolute Gasteiger partial charge is 0.417 e. The van der Waals surface area contributed by atoms with Crippen molar-refractivity contribution in [3.05, 3.63) is 47.4 Å². The van der Waals surface area contributed by atoms with Crippen molar-refractivity contribution in [1.82, 2.24) is 15.5 Å². The number of benzene rings is 1. The Morgan fingerprint density at radius 2 is 2.30 bits per heavy atom. The summed E-state index contributed by atoms with van der Waals surface area (Å²) in [4.78, 5) is 11.6. The van der Waals surface area contributed by atoms with E-state index >= 15 is 0 Å². The van der Waals surface area contributed by atoms with Crippen molar-refractivity contribution in [2.75, 3.05) is 20.3 Å². The molecule has 0 aliphatic rings. The normalized spacial score (nSPS) is 10.5. The number of rotatable bonds is 6. The molecule has 0 fully saturated rings. The third-order valence-electron chi connectivity index (χ3n) is 2.50. The average molecular weight is 279 g/mol. The summed E-state index contributed by atoms with van der Waals surface area (Å²) in [6.07, 6.45) is 0.274. The Kier molecular flexibility index (Phi) is 4.78. The summed E-state index contributed by atoms with van der Waals surface area (Å²) in [6.45, 7) is 0.757. The molecule has 0 bridgehead atoms. The number of hydrogen-bond donors (Lipinski definition) is 1. The molecule has 0 radical (unpaired) electrons. The van der Waals surface area contributed by atoms with Crippen molar-refractivity contribution in [1.29, 1.82) is 0 Å². The lowest BCUT2D eigenvalue weighted by atomic mass is 10.1. The molecule has 0 atom stereocenters. The molecule has 6 nitrogen and oxygen atoms in total. The monoisotopic (exact) mass is 279 g/mol. The van der Waals surface area contributed by atoms with Crippen molar-refractivity contribution in [3.63, 3.8) is 0 Å². The zero-order valence-electron chi connectivity index (χ0n) is 10.9. The van der Waals surface area contributed by atoms with Crippen LogP contribution in [-0.4, -0.2) is 36.4 Å². The predicted octanol–water partition coefficient (Wildman–Crippen LogP) is 1.18. The molecule has 0 spiro atoms. The molecular formula is C13H14FN3O3. The molecule has 0 aliphatic carbocycles. The van der Waals surface area contributed by atoms with Gasteiger partial charge in [0.15, 0.2) is 0 Å². The van der Waals surface area contributed by atoms with E-state index in [0.29, 0.717) is 18.7 Å². The number of halogens is 1. The SMILES string of the molecule is COCCNC(=O)c1nnc(Cc2cccc(F)c2)o1. The molecule has 2 aromatic rings. The van der Waals surface area contributed by atoms with Gasteiger partial charge in [0.1, 0.15) is 5.82 Å². The molecule has 1 amide bonds. The van der Waals surface area contributed by atoms with E-state index in [0.717, 1.165) is 0 Å². The van der Waals surface area contributed by atoms with Gasteiger partial charge in [0.05, 0.1) is 13.0 Å². The molecule has 7 heteroatoms. The van der Waals surface area contributed by atoms with Gasteiger partial charge in [-0.3, -0.25) is 4.79 Å². The van der Waals surface area contributed by atoms with Gasteiger partial charge in [-0.05, 0) is 17.7 Å². The first-order valence-electron chi connectivity index (χ1n) is 6.03. The molecule has 0 saturated heterocycles. The maximum absolute atomic E-state index is 13.0. The number of carbonyl (C=O) groups excluding carboxylic acids is 1. The van der Waals surface area contributed by atoms with Crippen molar-refractivity contribution in [3.8, 4) is 0 Å². The highest BCUT2D eigenvalue weighted by Gasteiger charge is 2.14. The molecule has 1 heterocycles. The van der Waals surface area contributed by atoms with Crippen molar-refractivity contribution in [2.24, 2.45) is 0 Å². The quantitative estimate of drug-likeness (QED) is 0.803. The predicted molar refractivity (Wildman–Crippen MR) is 67.7 cm³/mol. The number of carbonyl (C=O) groups is 1. The summed E-state index contributed by atoms with van der Waals surface area (Å²) < 4.78 is 23.1. The van der Waals surface area contributed by atoms with Crippen LogP contribution < -0.4 is 5.32 Å². The molecule has 2 rings (SSSR count). The van der Waals surface area contributed by atoms with Crippen LogP contribution in [0.2, 0.25) is 0 Å². The van der Waals surface area contributed by atoms with Gasteiger partial charge in [-0.25, -0.2) is 4.39 Å². The number of hydrogen-bond acceptors (Lipinski definition) is 5. The molecule has 0 aliphatic heterocycles. The maximum atomic E-state index is 13.0. The van der Waals surface area contributed by atoms with Crippen LogP contribution in [0.5, 0.6) is 0 Å². The molecule has 0 saturated carbocycles. The number of aromatic nitrogens is 2. The van der Waals surface area contributed by atoms with Crippen molar-refractivity contribution >= 4 is 5.91 Å². The Morgan fingerprint density at radius 3 is 3.05 bits per heavy atom. The minimum absolute atomic E-state index is 0.118. The van der Waals surface area contributed by atoms with Crippen LogP contribution in [0.3, 0.4) is 0 Å². The third kappa shape index (κ3) is 3.86. The molecule has 106 valence electrons. The van der Waals surface area contributed by atoms with Crippen molar-refractivity contribution in [2.45, 2.75) is 6.42 Å². The number of methoxy groups -OCH3 is 1. The fourth-order valence-corrected chi connectivity index (χ4v) is 1.58. The van der Waals surface area contributed by atoms with E-state index in [1.165, 1.54) is 19.2 Å². The second-order valence-corrected chi connectivity index (χ2v) is 4.06. The van der Waals surface area contributed by atoms with Crippen LogP contribution >= 0.6 is 0 Å². The van der Waals surface area contributed by atoms with Crippen molar-refractivity contribution < 1.29 is 18.3 Å². The molecule has 1 aromatic heterocycles. The molecular weight excluding hydrogens is 265 g/mol. The summed E-state index contributed by atoms with van der Waals surface area (Å²) in [6, 6.07) is 6.07. The zero-order chi connectivity index (χ0) is 14.4. The first-order chi connectivity index (χ1) is 9.69. The van der Waals surface area contributed by atoms with E-state index in [1.807, 2.05) is 0 Å². The topological polar surface area (TPSA) is 77.2 Å². The lowest BCUT2D eigenvalue weighted by Gasteiger charge is -2.00. The summed E-state index contributed by atoms with van der Waals surface area (Å²) in [5.41, 5.74) is 0.694. The zero-order valence-corrected chi connectivity index (χ0v) is 10.9. The summed E-state index contributed by atoms with van der Waals surface area (Å²) >= 11 is 0. The van der Waals surface area contributed by atoms with Gasteiger partial charge in [-0.15, -0.1) is 10.2 Å². The smallest absolute Gasteiger partial charge is 0.308 e. The summed E-state index contributed by atoms with van der Waals surface area (Å²) in [5.74, 6) is -0.653. The van der Waals surface area contributed by atoms with E-state index < -0.39 is 5.91 Å². The van der Waals surface area contributed by atoms with E-state index in [9.17, 15) is 9.18 Å². The first kappa shape index (κ1) is 14.1. The van der Waals surface area contributed by atoms with Crippen LogP contribution in [0, 0.1) is 5.82 Å². The highest BCUT2D eigenvalue weighted by molar-refractivity contribution is 5.89. The summed E-state index contributed by atoms with van der Waals surface area (Å²) in [5, 5.41) is 9.98. The van der Waals surface area contributed by atoms with Gasteiger partial charge in [-0.2, -0.15) is 0 Å². The van der Waals surface area contributed by atoms with Gasteiger partial charge >= 0.3 is 11.8 Å². The molecule has 0 unspecified atom stereocenters. The van der Waals surface area contributed by atoms with Crippen LogP contribution in [-0.2, 0) is 11.2 Å². The highest BCUT2D eigenvalue weighted by atomic mass is 19.1. The van der Waals surface area contributed by atoms with E-state index in [-0.39, 0.29) is 24.0 Å². The standard InChI is InChI=1S/C13H14FN3O3/c1-19-6-5-15-12(18)13-17-16-11(20-13)8-9-3-2-4-10(14)7-9/h2-4,7H,5-6,8H2,1H3,(H,15,18). The third-order valence-corrected chi connectivity index (χ3v) is 2.50. The Morgan fingerprint density at radius 1 is 1.45 bits per heavy atom. The van der Waals surface area contributed by atoms with Gasteiger partial charge in [0, 0.05) is 13.7 Å².